The van der Waals surface area contributed by atoms with Crippen molar-refractivity contribution in [2.75, 3.05) is 34.3 Å². The number of nitrogens with zero attached hydrogens (tertiary/aromatic N) is 2. The van der Waals surface area contributed by atoms with Crippen LogP contribution in [0.15, 0.2) is 54.6 Å². The first-order valence-electron chi connectivity index (χ1n) is 11.0. The summed E-state index contributed by atoms with van der Waals surface area (Å²) in [5.74, 6) is 0.249. The Bertz CT molecular complexity index is 1630. The molecule has 1 aliphatic heterocycles. The number of aromatic amines is 1. The summed E-state index contributed by atoms with van der Waals surface area (Å²) in [5, 5.41) is 5.56. The van der Waals surface area contributed by atoms with Crippen LogP contribution in [0.3, 0.4) is 0 Å². The minimum Gasteiger partial charge on any atom is -0.492 e. The Labute approximate surface area is 190 Å². The van der Waals surface area contributed by atoms with E-state index in [1.165, 1.54) is 4.90 Å². The predicted octanol–water partition coefficient (Wildman–Crippen LogP) is 4.79. The fourth-order valence-electron chi connectivity index (χ4n) is 4.85. The first kappa shape index (κ1) is 19.8. The quantitative estimate of drug-likeness (QED) is 0.324. The molecular weight excluding hydrogens is 414 g/mol. The third-order valence-corrected chi connectivity index (χ3v) is 6.54. The van der Waals surface area contributed by atoms with Crippen molar-refractivity contribution in [2.24, 2.45) is 0 Å². The lowest BCUT2D eigenvalue weighted by molar-refractivity contribution is 0.0694. The topological polar surface area (TPSA) is 65.6 Å². The van der Waals surface area contributed by atoms with Crippen molar-refractivity contribution >= 4 is 55.2 Å². The lowest BCUT2D eigenvalue weighted by atomic mass is 9.93. The van der Waals surface area contributed by atoms with Gasteiger partial charge in [0.25, 0.3) is 11.8 Å². The molecular formula is C27H23N3O3. The number of ether oxygens (including phenoxy) is 1. The van der Waals surface area contributed by atoms with E-state index in [0.29, 0.717) is 17.7 Å². The third-order valence-electron chi connectivity index (χ3n) is 6.54. The van der Waals surface area contributed by atoms with E-state index in [2.05, 4.69) is 22.0 Å². The van der Waals surface area contributed by atoms with Gasteiger partial charge in [0.1, 0.15) is 12.4 Å². The first-order valence-corrected chi connectivity index (χ1v) is 11.0. The van der Waals surface area contributed by atoms with Gasteiger partial charge in [0.2, 0.25) is 0 Å². The lowest BCUT2D eigenvalue weighted by Gasteiger charge is -2.11. The lowest BCUT2D eigenvalue weighted by Crippen LogP contribution is -2.24. The number of hydrogen-bond acceptors (Lipinski definition) is 4. The van der Waals surface area contributed by atoms with Gasteiger partial charge in [0, 0.05) is 35.8 Å². The number of hydrogen-bond donors (Lipinski definition) is 1. The molecule has 0 saturated carbocycles. The van der Waals surface area contributed by atoms with Gasteiger partial charge >= 0.3 is 0 Å². The minimum absolute atomic E-state index is 0.254. The number of carbonyl (C=O) groups is 2. The summed E-state index contributed by atoms with van der Waals surface area (Å²) < 4.78 is 5.92. The molecule has 0 fully saturated rings. The Kier molecular flexibility index (Phi) is 4.22. The molecule has 5 aromatic rings. The molecule has 6 heteroatoms. The van der Waals surface area contributed by atoms with Gasteiger partial charge in [0.05, 0.1) is 22.2 Å². The molecule has 0 saturated heterocycles. The maximum Gasteiger partial charge on any atom is 0.262 e. The van der Waals surface area contributed by atoms with E-state index in [0.717, 1.165) is 55.6 Å². The summed E-state index contributed by atoms with van der Waals surface area (Å²) in [7, 11) is 5.57. The van der Waals surface area contributed by atoms with Crippen molar-refractivity contribution in [3.05, 3.63) is 65.7 Å². The fourth-order valence-corrected chi connectivity index (χ4v) is 4.85. The molecule has 1 aromatic heterocycles. The zero-order valence-corrected chi connectivity index (χ0v) is 18.7. The van der Waals surface area contributed by atoms with Crippen molar-refractivity contribution in [2.45, 2.75) is 0 Å². The van der Waals surface area contributed by atoms with Crippen molar-refractivity contribution in [3.63, 3.8) is 0 Å². The number of likely N-dealkylation sites (N-methyl/N-ethyl adjacent to an activating group) is 1. The molecule has 2 heterocycles. The molecule has 0 aliphatic carbocycles. The molecule has 0 radical (unpaired) electrons. The van der Waals surface area contributed by atoms with Crippen LogP contribution in [-0.2, 0) is 0 Å². The molecule has 33 heavy (non-hydrogen) atoms. The second-order valence-corrected chi connectivity index (χ2v) is 8.90. The van der Waals surface area contributed by atoms with E-state index in [-0.39, 0.29) is 11.8 Å². The standard InChI is InChI=1S/C27H23N3O3/c1-29(2)10-11-33-17-8-9-18-21(14-17)28-25-20-13-16-7-5-4-6-15(16)12-19(20)23-24(22(18)25)27(32)30(3)26(23)31/h4-9,12-14,28H,10-11H2,1-3H3. The van der Waals surface area contributed by atoms with Crippen molar-refractivity contribution < 1.29 is 14.3 Å². The smallest absolute Gasteiger partial charge is 0.262 e. The van der Waals surface area contributed by atoms with Gasteiger partial charge in [-0.3, -0.25) is 14.5 Å². The minimum atomic E-state index is -0.262. The predicted molar refractivity (Wildman–Crippen MR) is 131 cm³/mol. The molecule has 4 aromatic carbocycles. The number of imide groups is 1. The van der Waals surface area contributed by atoms with Crippen LogP contribution < -0.4 is 4.74 Å². The summed E-state index contributed by atoms with van der Waals surface area (Å²) >= 11 is 0. The summed E-state index contributed by atoms with van der Waals surface area (Å²) in [5.41, 5.74) is 2.71. The maximum absolute atomic E-state index is 13.2. The van der Waals surface area contributed by atoms with Crippen LogP contribution in [-0.4, -0.2) is 60.9 Å². The van der Waals surface area contributed by atoms with Crippen LogP contribution >= 0.6 is 0 Å². The Morgan fingerprint density at radius 3 is 2.30 bits per heavy atom. The normalized spacial score (nSPS) is 13.9. The van der Waals surface area contributed by atoms with Gasteiger partial charge in [0.15, 0.2) is 0 Å². The molecule has 2 amide bonds. The van der Waals surface area contributed by atoms with E-state index in [1.54, 1.807) is 7.05 Å². The van der Waals surface area contributed by atoms with Crippen LogP contribution in [0, 0.1) is 0 Å². The maximum atomic E-state index is 13.2. The largest absolute Gasteiger partial charge is 0.492 e. The second-order valence-electron chi connectivity index (χ2n) is 8.90. The number of carbonyl (C=O) groups excluding carboxylic acids is 2. The van der Waals surface area contributed by atoms with Crippen LogP contribution in [0.1, 0.15) is 20.7 Å². The van der Waals surface area contributed by atoms with Crippen LogP contribution in [0.4, 0.5) is 0 Å². The first-order chi connectivity index (χ1) is 15.9. The fraction of sp³-hybridized carbons (Fsp3) is 0.185. The number of H-pyrrole nitrogens is 1. The molecule has 0 spiro atoms. The highest BCUT2D eigenvalue weighted by Gasteiger charge is 2.37. The Morgan fingerprint density at radius 2 is 1.58 bits per heavy atom. The summed E-state index contributed by atoms with van der Waals surface area (Å²) in [6.07, 6.45) is 0. The van der Waals surface area contributed by atoms with Crippen molar-refractivity contribution in [1.29, 1.82) is 0 Å². The highest BCUT2D eigenvalue weighted by atomic mass is 16.5. The number of aromatic nitrogens is 1. The summed E-state index contributed by atoms with van der Waals surface area (Å²) in [4.78, 5) is 33.2. The molecule has 1 aliphatic rings. The number of nitrogens with one attached hydrogen (secondary N) is 1. The number of fused-ring (bicyclic) bond motifs is 9. The van der Waals surface area contributed by atoms with Crippen molar-refractivity contribution in [3.8, 4) is 5.75 Å². The Balaban J connectivity index is 1.68. The average molecular weight is 437 g/mol. The average Bonchev–Trinajstić information content (AvgIpc) is 3.28. The molecule has 0 unspecified atom stereocenters. The van der Waals surface area contributed by atoms with Crippen LogP contribution in [0.2, 0.25) is 0 Å². The molecule has 0 atom stereocenters. The molecule has 0 bridgehead atoms. The summed E-state index contributed by atoms with van der Waals surface area (Å²) in [6, 6.07) is 18.1. The highest BCUT2D eigenvalue weighted by Crippen LogP contribution is 2.42. The van der Waals surface area contributed by atoms with Gasteiger partial charge in [-0.2, -0.15) is 0 Å². The summed E-state index contributed by atoms with van der Waals surface area (Å²) in [6.45, 7) is 1.40. The van der Waals surface area contributed by atoms with Crippen molar-refractivity contribution in [1.82, 2.24) is 14.8 Å². The zero-order chi connectivity index (χ0) is 22.9. The molecule has 164 valence electrons. The molecule has 6 rings (SSSR count). The van der Waals surface area contributed by atoms with Crippen LogP contribution in [0.5, 0.6) is 5.75 Å². The number of rotatable bonds is 4. The monoisotopic (exact) mass is 437 g/mol. The number of amides is 2. The van der Waals surface area contributed by atoms with Gasteiger partial charge in [-0.25, -0.2) is 0 Å². The molecule has 1 N–H and O–H groups in total. The van der Waals surface area contributed by atoms with E-state index < -0.39 is 0 Å². The number of benzene rings is 4. The third kappa shape index (κ3) is 2.84. The highest BCUT2D eigenvalue weighted by molar-refractivity contribution is 6.37. The zero-order valence-electron chi connectivity index (χ0n) is 18.7. The second kappa shape index (κ2) is 7.05. The van der Waals surface area contributed by atoms with E-state index in [9.17, 15) is 9.59 Å². The Hall–Kier alpha value is -3.90. The van der Waals surface area contributed by atoms with Gasteiger partial charge in [-0.05, 0) is 54.5 Å². The van der Waals surface area contributed by atoms with E-state index >= 15 is 0 Å². The molecule has 6 nitrogen and oxygen atoms in total. The van der Waals surface area contributed by atoms with E-state index in [4.69, 9.17) is 4.74 Å². The van der Waals surface area contributed by atoms with Gasteiger partial charge < -0.3 is 14.6 Å². The van der Waals surface area contributed by atoms with Gasteiger partial charge in [-0.1, -0.05) is 24.3 Å². The van der Waals surface area contributed by atoms with Crippen LogP contribution in [0.25, 0.3) is 43.4 Å². The SMILES string of the molecule is CN(C)CCOc1ccc2c(c1)[nH]c1c3cc4ccccc4cc3c3c(c21)C(=O)N(C)C3=O. The van der Waals surface area contributed by atoms with E-state index in [1.807, 2.05) is 56.6 Å². The Morgan fingerprint density at radius 1 is 0.879 bits per heavy atom. The van der Waals surface area contributed by atoms with Gasteiger partial charge in [-0.15, -0.1) is 0 Å².